The van der Waals surface area contributed by atoms with Gasteiger partial charge < -0.3 is 4.90 Å². The number of aromatic amines is 1. The lowest BCUT2D eigenvalue weighted by molar-refractivity contribution is -0.135. The van der Waals surface area contributed by atoms with Crippen molar-refractivity contribution in [2.75, 3.05) is 0 Å². The Kier molecular flexibility index (Phi) is 2.07. The number of nitrogens with zero attached hydrogens (tertiary/aromatic N) is 2. The minimum atomic E-state index is -0.109. The van der Waals surface area contributed by atoms with Gasteiger partial charge in [0.1, 0.15) is 5.78 Å². The Bertz CT molecular complexity index is 363. The summed E-state index contributed by atoms with van der Waals surface area (Å²) in [4.78, 5) is 23.9. The summed E-state index contributed by atoms with van der Waals surface area (Å²) in [5, 5.41) is 6.70. The van der Waals surface area contributed by atoms with Crippen molar-refractivity contribution in [1.82, 2.24) is 15.1 Å². The maximum Gasteiger partial charge on any atom is 0.230 e. The Morgan fingerprint density at radius 2 is 2.36 bits per heavy atom. The first kappa shape index (κ1) is 8.93. The first-order valence-corrected chi connectivity index (χ1v) is 4.45. The van der Waals surface area contributed by atoms with E-state index in [9.17, 15) is 9.59 Å². The van der Waals surface area contributed by atoms with Crippen LogP contribution in [0.3, 0.4) is 0 Å². The number of aromatic nitrogens is 2. The number of H-pyrrole nitrogens is 1. The lowest BCUT2D eigenvalue weighted by Crippen LogP contribution is -2.27. The van der Waals surface area contributed by atoms with Crippen molar-refractivity contribution in [3.8, 4) is 0 Å². The topological polar surface area (TPSA) is 66.1 Å². The molecule has 0 saturated heterocycles. The fraction of sp³-hybridized carbons (Fsp3) is 0.444. The number of hydrogen-bond acceptors (Lipinski definition) is 3. The summed E-state index contributed by atoms with van der Waals surface area (Å²) in [6.45, 7) is 2.54. The second-order valence-corrected chi connectivity index (χ2v) is 3.50. The van der Waals surface area contributed by atoms with Crippen LogP contribution < -0.4 is 0 Å². The summed E-state index contributed by atoms with van der Waals surface area (Å²) < 4.78 is 0. The fourth-order valence-electron chi connectivity index (χ4n) is 1.56. The van der Waals surface area contributed by atoms with E-state index in [1.165, 1.54) is 6.92 Å². The molecule has 1 aromatic heterocycles. The van der Waals surface area contributed by atoms with Crippen LogP contribution in [0.4, 0.5) is 0 Å². The quantitative estimate of drug-likeness (QED) is 0.684. The standard InChI is InChI=1S/C9H11N3O2/c1-6(13)2-9(14)12-4-7-3-10-11-8(7)5-12/h3H,2,4-5H2,1H3,(H,10,11). The second-order valence-electron chi connectivity index (χ2n) is 3.50. The van der Waals surface area contributed by atoms with Gasteiger partial charge in [-0.2, -0.15) is 5.10 Å². The molecule has 0 fully saturated rings. The SMILES string of the molecule is CC(=O)CC(=O)N1Cc2cn[nH]c2C1. The number of hydrogen-bond donors (Lipinski definition) is 1. The van der Waals surface area contributed by atoms with Crippen LogP contribution >= 0.6 is 0 Å². The van der Waals surface area contributed by atoms with E-state index >= 15 is 0 Å². The van der Waals surface area contributed by atoms with Crippen LogP contribution in [0.15, 0.2) is 6.20 Å². The third-order valence-electron chi connectivity index (χ3n) is 2.27. The maximum atomic E-state index is 11.5. The van der Waals surface area contributed by atoms with E-state index in [4.69, 9.17) is 0 Å². The van der Waals surface area contributed by atoms with E-state index in [1.54, 1.807) is 11.1 Å². The van der Waals surface area contributed by atoms with E-state index in [0.717, 1.165) is 11.3 Å². The lowest BCUT2D eigenvalue weighted by atomic mass is 10.3. The average molecular weight is 193 g/mol. The molecule has 0 atom stereocenters. The smallest absolute Gasteiger partial charge is 0.230 e. The lowest BCUT2D eigenvalue weighted by Gasteiger charge is -2.13. The number of nitrogens with one attached hydrogen (secondary N) is 1. The zero-order valence-electron chi connectivity index (χ0n) is 7.91. The minimum absolute atomic E-state index is 0.00228. The van der Waals surface area contributed by atoms with Gasteiger partial charge in [0.15, 0.2) is 0 Å². The van der Waals surface area contributed by atoms with Crippen molar-refractivity contribution in [2.24, 2.45) is 0 Å². The van der Waals surface area contributed by atoms with Crippen molar-refractivity contribution < 1.29 is 9.59 Å². The summed E-state index contributed by atoms with van der Waals surface area (Å²) in [6.07, 6.45) is 1.72. The largest absolute Gasteiger partial charge is 0.332 e. The van der Waals surface area contributed by atoms with E-state index in [-0.39, 0.29) is 18.1 Å². The Morgan fingerprint density at radius 3 is 3.00 bits per heavy atom. The Labute approximate surface area is 81.1 Å². The van der Waals surface area contributed by atoms with E-state index < -0.39 is 0 Å². The molecule has 0 saturated carbocycles. The van der Waals surface area contributed by atoms with Gasteiger partial charge in [-0.05, 0) is 6.92 Å². The van der Waals surface area contributed by atoms with Crippen LogP contribution in [-0.4, -0.2) is 26.8 Å². The summed E-state index contributed by atoms with van der Waals surface area (Å²) >= 11 is 0. The summed E-state index contributed by atoms with van der Waals surface area (Å²) in [7, 11) is 0. The number of carbonyl (C=O) groups is 2. The Morgan fingerprint density at radius 1 is 1.57 bits per heavy atom. The number of rotatable bonds is 2. The molecule has 0 bridgehead atoms. The molecule has 2 heterocycles. The predicted molar refractivity (Wildman–Crippen MR) is 48.1 cm³/mol. The third kappa shape index (κ3) is 1.53. The molecular weight excluding hydrogens is 182 g/mol. The molecular formula is C9H11N3O2. The van der Waals surface area contributed by atoms with Gasteiger partial charge in [-0.25, -0.2) is 0 Å². The molecule has 1 aliphatic heterocycles. The van der Waals surface area contributed by atoms with Gasteiger partial charge in [0.2, 0.25) is 5.91 Å². The monoisotopic (exact) mass is 193 g/mol. The van der Waals surface area contributed by atoms with E-state index in [1.807, 2.05) is 0 Å². The number of fused-ring (bicyclic) bond motifs is 1. The molecule has 1 N–H and O–H groups in total. The molecule has 1 aromatic rings. The van der Waals surface area contributed by atoms with Gasteiger partial charge in [-0.15, -0.1) is 0 Å². The van der Waals surface area contributed by atoms with Crippen LogP contribution in [0.2, 0.25) is 0 Å². The van der Waals surface area contributed by atoms with E-state index in [2.05, 4.69) is 10.2 Å². The zero-order chi connectivity index (χ0) is 10.1. The summed E-state index contributed by atoms with van der Waals surface area (Å²) in [5.41, 5.74) is 2.02. The molecule has 74 valence electrons. The molecule has 0 aromatic carbocycles. The molecule has 1 amide bonds. The van der Waals surface area contributed by atoms with Crippen LogP contribution in [-0.2, 0) is 22.7 Å². The van der Waals surface area contributed by atoms with Crippen molar-refractivity contribution >= 4 is 11.7 Å². The molecule has 0 aliphatic carbocycles. The molecule has 5 heteroatoms. The predicted octanol–water partition coefficient (Wildman–Crippen LogP) is 0.231. The van der Waals surface area contributed by atoms with E-state index in [0.29, 0.717) is 13.1 Å². The highest BCUT2D eigenvalue weighted by molar-refractivity contribution is 5.96. The van der Waals surface area contributed by atoms with Crippen LogP contribution in [0.25, 0.3) is 0 Å². The molecule has 2 rings (SSSR count). The number of Topliss-reactive ketones (excluding diaryl/α,β-unsaturated/α-hetero) is 1. The molecule has 5 nitrogen and oxygen atoms in total. The highest BCUT2D eigenvalue weighted by Gasteiger charge is 2.24. The van der Waals surface area contributed by atoms with Gasteiger partial charge >= 0.3 is 0 Å². The molecule has 1 aliphatic rings. The van der Waals surface area contributed by atoms with Crippen molar-refractivity contribution in [3.63, 3.8) is 0 Å². The van der Waals surface area contributed by atoms with Gasteiger partial charge in [0.25, 0.3) is 0 Å². The van der Waals surface area contributed by atoms with Gasteiger partial charge in [-0.1, -0.05) is 0 Å². The zero-order valence-corrected chi connectivity index (χ0v) is 7.91. The number of amides is 1. The van der Waals surface area contributed by atoms with Gasteiger partial charge in [0.05, 0.1) is 24.9 Å². The van der Waals surface area contributed by atoms with Gasteiger partial charge in [0, 0.05) is 12.1 Å². The summed E-state index contributed by atoms with van der Waals surface area (Å²) in [5.74, 6) is -0.203. The fourth-order valence-corrected chi connectivity index (χ4v) is 1.56. The molecule has 0 unspecified atom stereocenters. The number of ketones is 1. The van der Waals surface area contributed by atoms with Gasteiger partial charge in [-0.3, -0.25) is 14.7 Å². The first-order valence-electron chi connectivity index (χ1n) is 4.45. The molecule has 14 heavy (non-hydrogen) atoms. The first-order chi connectivity index (χ1) is 6.66. The Hall–Kier alpha value is -1.65. The summed E-state index contributed by atoms with van der Waals surface area (Å²) in [6, 6.07) is 0. The highest BCUT2D eigenvalue weighted by Crippen LogP contribution is 2.20. The molecule has 0 radical (unpaired) electrons. The second kappa shape index (κ2) is 3.25. The Balaban J connectivity index is 2.01. The normalized spacial score (nSPS) is 14.2. The highest BCUT2D eigenvalue weighted by atomic mass is 16.2. The minimum Gasteiger partial charge on any atom is -0.332 e. The molecule has 0 spiro atoms. The van der Waals surface area contributed by atoms with Crippen LogP contribution in [0, 0.1) is 0 Å². The number of carbonyl (C=O) groups excluding carboxylic acids is 2. The average Bonchev–Trinajstić information content (AvgIpc) is 2.58. The van der Waals surface area contributed by atoms with Crippen molar-refractivity contribution in [2.45, 2.75) is 26.4 Å². The van der Waals surface area contributed by atoms with Crippen LogP contribution in [0.5, 0.6) is 0 Å². The van der Waals surface area contributed by atoms with Crippen LogP contribution in [0.1, 0.15) is 24.6 Å². The van der Waals surface area contributed by atoms with Crippen molar-refractivity contribution in [3.05, 3.63) is 17.5 Å². The maximum absolute atomic E-state index is 11.5. The third-order valence-corrected chi connectivity index (χ3v) is 2.27. The van der Waals surface area contributed by atoms with Crippen molar-refractivity contribution in [1.29, 1.82) is 0 Å².